The second kappa shape index (κ2) is 4.96. The predicted molar refractivity (Wildman–Crippen MR) is 73.3 cm³/mol. The van der Waals surface area contributed by atoms with Gasteiger partial charge in [0.1, 0.15) is 0 Å². The number of nitrogens with one attached hydrogen (secondary N) is 1. The maximum Gasteiger partial charge on any atom is 0.307 e. The van der Waals surface area contributed by atoms with Crippen molar-refractivity contribution in [3.63, 3.8) is 0 Å². The topological polar surface area (TPSA) is 80.0 Å². The van der Waals surface area contributed by atoms with E-state index in [0.717, 1.165) is 23.4 Å². The molecule has 0 spiro atoms. The van der Waals surface area contributed by atoms with Crippen molar-refractivity contribution in [2.45, 2.75) is 18.9 Å². The van der Waals surface area contributed by atoms with E-state index in [9.17, 15) is 4.79 Å². The summed E-state index contributed by atoms with van der Waals surface area (Å²) >= 11 is 0. The van der Waals surface area contributed by atoms with Crippen molar-refractivity contribution >= 4 is 11.7 Å². The summed E-state index contributed by atoms with van der Waals surface area (Å²) in [6.45, 7) is 0.657. The van der Waals surface area contributed by atoms with E-state index in [-0.39, 0.29) is 11.8 Å². The minimum atomic E-state index is -0.694. The largest absolute Gasteiger partial charge is 0.481 e. The fraction of sp³-hybridized carbons (Fsp3) is 0.357. The molecule has 20 heavy (non-hydrogen) atoms. The van der Waals surface area contributed by atoms with Crippen molar-refractivity contribution in [3.05, 3.63) is 41.7 Å². The molecule has 6 heteroatoms. The van der Waals surface area contributed by atoms with Crippen LogP contribution in [0, 0.1) is 5.92 Å². The molecule has 1 saturated carbocycles. The second-order valence-electron chi connectivity index (χ2n) is 5.11. The van der Waals surface area contributed by atoms with Crippen molar-refractivity contribution in [2.75, 3.05) is 5.32 Å². The lowest BCUT2D eigenvalue weighted by Crippen LogP contribution is -2.05. The average molecular weight is 272 g/mol. The number of hydrogen-bond donors (Lipinski definition) is 2. The number of carbonyl (C=O) groups is 1. The van der Waals surface area contributed by atoms with Gasteiger partial charge < -0.3 is 10.4 Å². The van der Waals surface area contributed by atoms with Gasteiger partial charge in [-0.1, -0.05) is 17.3 Å². The molecule has 104 valence electrons. The minimum absolute atomic E-state index is 0.183. The number of benzene rings is 1. The van der Waals surface area contributed by atoms with Crippen molar-refractivity contribution in [1.82, 2.24) is 15.0 Å². The highest BCUT2D eigenvalue weighted by Gasteiger charge is 2.43. The van der Waals surface area contributed by atoms with Crippen LogP contribution in [-0.4, -0.2) is 26.1 Å². The third-order valence-corrected chi connectivity index (χ3v) is 3.73. The van der Waals surface area contributed by atoms with Crippen molar-refractivity contribution in [1.29, 1.82) is 0 Å². The number of nitrogens with zero attached hydrogens (tertiary/aromatic N) is 3. The van der Waals surface area contributed by atoms with Crippen LogP contribution in [-0.2, 0) is 18.4 Å². The molecule has 0 saturated heterocycles. The Morgan fingerprint density at radius 3 is 2.75 bits per heavy atom. The van der Waals surface area contributed by atoms with Crippen molar-refractivity contribution < 1.29 is 9.90 Å². The molecule has 0 unspecified atom stereocenters. The van der Waals surface area contributed by atoms with Crippen LogP contribution in [0.15, 0.2) is 30.5 Å². The third kappa shape index (κ3) is 2.49. The summed E-state index contributed by atoms with van der Waals surface area (Å²) in [5.74, 6) is -0.710. The first-order valence-electron chi connectivity index (χ1n) is 6.55. The van der Waals surface area contributed by atoms with Gasteiger partial charge in [0.15, 0.2) is 0 Å². The zero-order valence-corrected chi connectivity index (χ0v) is 11.2. The molecule has 1 aromatic heterocycles. The first-order valence-corrected chi connectivity index (χ1v) is 6.55. The average Bonchev–Trinajstić information content (AvgIpc) is 3.15. The standard InChI is InChI=1S/C14H16N4O2/c1-18-11(8-16-17-18)7-15-10-4-2-9(3-5-10)12-6-13(12)14(19)20/h2-5,8,12-13,15H,6-7H2,1H3,(H,19,20)/t12-,13+/m0/s1. The van der Waals surface area contributed by atoms with E-state index >= 15 is 0 Å². The van der Waals surface area contributed by atoms with Gasteiger partial charge in [-0.3, -0.25) is 9.48 Å². The quantitative estimate of drug-likeness (QED) is 0.864. The van der Waals surface area contributed by atoms with E-state index in [0.29, 0.717) is 6.54 Å². The first kappa shape index (κ1) is 12.7. The number of aryl methyl sites for hydroxylation is 1. The van der Waals surface area contributed by atoms with Crippen LogP contribution in [0.5, 0.6) is 0 Å². The normalized spacial score (nSPS) is 20.6. The number of aliphatic carboxylic acids is 1. The Balaban J connectivity index is 1.60. The van der Waals surface area contributed by atoms with Crippen LogP contribution < -0.4 is 5.32 Å². The summed E-state index contributed by atoms with van der Waals surface area (Å²) in [6.07, 6.45) is 2.48. The Bertz CT molecular complexity index is 620. The maximum absolute atomic E-state index is 10.9. The van der Waals surface area contributed by atoms with E-state index in [1.165, 1.54) is 0 Å². The van der Waals surface area contributed by atoms with Crippen LogP contribution in [0.3, 0.4) is 0 Å². The second-order valence-corrected chi connectivity index (χ2v) is 5.11. The van der Waals surface area contributed by atoms with E-state index in [1.54, 1.807) is 10.9 Å². The van der Waals surface area contributed by atoms with E-state index < -0.39 is 5.97 Å². The van der Waals surface area contributed by atoms with Crippen molar-refractivity contribution in [2.24, 2.45) is 13.0 Å². The molecule has 2 aromatic rings. The fourth-order valence-electron chi connectivity index (χ4n) is 2.35. The van der Waals surface area contributed by atoms with Gasteiger partial charge in [0.05, 0.1) is 24.4 Å². The lowest BCUT2D eigenvalue weighted by Gasteiger charge is -2.07. The van der Waals surface area contributed by atoms with Crippen LogP contribution in [0.1, 0.15) is 23.6 Å². The highest BCUT2D eigenvalue weighted by molar-refractivity contribution is 5.75. The van der Waals surface area contributed by atoms with Gasteiger partial charge in [0.2, 0.25) is 0 Å². The molecule has 1 aromatic carbocycles. The van der Waals surface area contributed by atoms with Gasteiger partial charge in [0.25, 0.3) is 0 Å². The van der Waals surface area contributed by atoms with Gasteiger partial charge in [0, 0.05) is 12.7 Å². The summed E-state index contributed by atoms with van der Waals surface area (Å²) in [5.41, 5.74) is 3.11. The molecule has 0 aliphatic heterocycles. The molecule has 0 bridgehead atoms. The summed E-state index contributed by atoms with van der Waals surface area (Å²) in [4.78, 5) is 10.9. The number of anilines is 1. The van der Waals surface area contributed by atoms with E-state index in [4.69, 9.17) is 5.11 Å². The van der Waals surface area contributed by atoms with Gasteiger partial charge in [-0.05, 0) is 30.0 Å². The summed E-state index contributed by atoms with van der Waals surface area (Å²) < 4.78 is 1.73. The number of carboxylic acid groups (broad SMARTS) is 1. The molecule has 3 rings (SSSR count). The number of hydrogen-bond acceptors (Lipinski definition) is 4. The van der Waals surface area contributed by atoms with Gasteiger partial charge in [-0.15, -0.1) is 5.10 Å². The molecule has 2 atom stereocenters. The van der Waals surface area contributed by atoms with Crippen molar-refractivity contribution in [3.8, 4) is 0 Å². The summed E-state index contributed by atoms with van der Waals surface area (Å²) in [6, 6.07) is 7.96. The SMILES string of the molecule is Cn1nncc1CNc1ccc([C@@H]2C[C@H]2C(=O)O)cc1. The van der Waals surface area contributed by atoms with Crippen LogP contribution in [0.4, 0.5) is 5.69 Å². The van der Waals surface area contributed by atoms with Gasteiger partial charge >= 0.3 is 5.97 Å². The zero-order chi connectivity index (χ0) is 14.1. The Morgan fingerprint density at radius 1 is 1.45 bits per heavy atom. The summed E-state index contributed by atoms with van der Waals surface area (Å²) in [7, 11) is 1.85. The predicted octanol–water partition coefficient (Wildman–Crippen LogP) is 1.62. The van der Waals surface area contributed by atoms with E-state index in [2.05, 4.69) is 15.6 Å². The molecule has 1 heterocycles. The molecule has 1 fully saturated rings. The maximum atomic E-state index is 10.9. The number of carboxylic acids is 1. The minimum Gasteiger partial charge on any atom is -0.481 e. The molecular weight excluding hydrogens is 256 g/mol. The number of aromatic nitrogens is 3. The van der Waals surface area contributed by atoms with Gasteiger partial charge in [-0.25, -0.2) is 0 Å². The Hall–Kier alpha value is -2.37. The molecule has 1 aliphatic carbocycles. The summed E-state index contributed by atoms with van der Waals surface area (Å²) in [5, 5.41) is 19.9. The molecular formula is C14H16N4O2. The fourth-order valence-corrected chi connectivity index (χ4v) is 2.35. The van der Waals surface area contributed by atoms with Crippen LogP contribution in [0.2, 0.25) is 0 Å². The van der Waals surface area contributed by atoms with Gasteiger partial charge in [-0.2, -0.15) is 0 Å². The smallest absolute Gasteiger partial charge is 0.307 e. The molecule has 2 N–H and O–H groups in total. The Kier molecular flexibility index (Phi) is 3.14. The lowest BCUT2D eigenvalue weighted by atomic mass is 10.1. The highest BCUT2D eigenvalue weighted by Crippen LogP contribution is 2.47. The molecule has 6 nitrogen and oxygen atoms in total. The molecule has 0 amide bonds. The Labute approximate surface area is 116 Å². The monoisotopic (exact) mass is 272 g/mol. The zero-order valence-electron chi connectivity index (χ0n) is 11.2. The first-order chi connectivity index (χ1) is 9.65. The molecule has 1 aliphatic rings. The third-order valence-electron chi connectivity index (χ3n) is 3.73. The molecule has 0 radical (unpaired) electrons. The van der Waals surface area contributed by atoms with Crippen LogP contribution in [0.25, 0.3) is 0 Å². The van der Waals surface area contributed by atoms with E-state index in [1.807, 2.05) is 31.3 Å². The van der Waals surface area contributed by atoms with Crippen LogP contribution >= 0.6 is 0 Å². The number of rotatable bonds is 5. The lowest BCUT2D eigenvalue weighted by molar-refractivity contribution is -0.138. The highest BCUT2D eigenvalue weighted by atomic mass is 16.4. The Morgan fingerprint density at radius 2 is 2.20 bits per heavy atom.